The number of pyridine rings is 1. The normalized spacial score (nSPS) is 16.1. The molecule has 0 radical (unpaired) electrons. The van der Waals surface area contributed by atoms with Crippen LogP contribution >= 0.6 is 11.6 Å². The van der Waals surface area contributed by atoms with Gasteiger partial charge in [0, 0.05) is 38.6 Å². The number of carbonyl (C=O) groups is 1. The van der Waals surface area contributed by atoms with E-state index < -0.39 is 0 Å². The molecule has 1 fully saturated rings. The highest BCUT2D eigenvalue weighted by molar-refractivity contribution is 6.33. The molecule has 0 aromatic carbocycles. The number of carbonyl (C=O) groups excluding carboxylic acids is 1. The highest BCUT2D eigenvalue weighted by Crippen LogP contribution is 2.17. The molecule has 6 heteroatoms. The second kappa shape index (κ2) is 6.28. The largest absolute Gasteiger partial charge is 0.468 e. The molecule has 2 aromatic heterocycles. The molecule has 0 saturated carbocycles. The summed E-state index contributed by atoms with van der Waals surface area (Å²) in [5, 5.41) is 0.403. The van der Waals surface area contributed by atoms with Crippen molar-refractivity contribution in [2.45, 2.75) is 6.54 Å². The molecule has 1 aliphatic heterocycles. The predicted molar refractivity (Wildman–Crippen MR) is 79.1 cm³/mol. The van der Waals surface area contributed by atoms with Crippen molar-refractivity contribution in [2.75, 3.05) is 26.2 Å². The van der Waals surface area contributed by atoms with Crippen molar-refractivity contribution in [2.24, 2.45) is 0 Å². The Labute approximate surface area is 128 Å². The molecule has 2 aromatic rings. The Balaban J connectivity index is 1.58. The van der Waals surface area contributed by atoms with Gasteiger partial charge in [0.05, 0.1) is 23.4 Å². The maximum absolute atomic E-state index is 12.4. The Morgan fingerprint density at radius 1 is 1.29 bits per heavy atom. The Kier molecular flexibility index (Phi) is 4.22. The maximum Gasteiger partial charge on any atom is 0.255 e. The van der Waals surface area contributed by atoms with Gasteiger partial charge in [-0.15, -0.1) is 0 Å². The van der Waals surface area contributed by atoms with Crippen LogP contribution < -0.4 is 0 Å². The van der Waals surface area contributed by atoms with Crippen LogP contribution in [0, 0.1) is 0 Å². The third kappa shape index (κ3) is 3.25. The molecule has 110 valence electrons. The Hall–Kier alpha value is -1.85. The SMILES string of the molecule is O=C(c1ccncc1Cl)N1CCN(Cc2ccco2)CC1. The van der Waals surface area contributed by atoms with Crippen LogP contribution in [0.2, 0.25) is 5.02 Å². The summed E-state index contributed by atoms with van der Waals surface area (Å²) < 4.78 is 5.35. The number of hydrogen-bond donors (Lipinski definition) is 0. The van der Waals surface area contributed by atoms with Gasteiger partial charge in [0.2, 0.25) is 0 Å². The van der Waals surface area contributed by atoms with Gasteiger partial charge in [-0.1, -0.05) is 11.6 Å². The summed E-state index contributed by atoms with van der Waals surface area (Å²) in [6, 6.07) is 5.52. The van der Waals surface area contributed by atoms with Gasteiger partial charge in [0.25, 0.3) is 5.91 Å². The van der Waals surface area contributed by atoms with Gasteiger partial charge in [-0.2, -0.15) is 0 Å². The van der Waals surface area contributed by atoms with Gasteiger partial charge in [-0.05, 0) is 18.2 Å². The minimum atomic E-state index is -0.0277. The zero-order valence-electron chi connectivity index (χ0n) is 11.5. The maximum atomic E-state index is 12.4. The molecular weight excluding hydrogens is 290 g/mol. The molecule has 0 unspecified atom stereocenters. The van der Waals surface area contributed by atoms with Crippen LogP contribution in [0.4, 0.5) is 0 Å². The van der Waals surface area contributed by atoms with E-state index in [9.17, 15) is 4.79 Å². The smallest absolute Gasteiger partial charge is 0.255 e. The van der Waals surface area contributed by atoms with E-state index >= 15 is 0 Å². The third-order valence-corrected chi connectivity index (χ3v) is 3.92. The lowest BCUT2D eigenvalue weighted by Gasteiger charge is -2.34. The summed E-state index contributed by atoms with van der Waals surface area (Å²) >= 11 is 6.03. The summed E-state index contributed by atoms with van der Waals surface area (Å²) in [5.41, 5.74) is 0.520. The average molecular weight is 306 g/mol. The number of hydrogen-bond acceptors (Lipinski definition) is 4. The van der Waals surface area contributed by atoms with Gasteiger partial charge >= 0.3 is 0 Å². The van der Waals surface area contributed by atoms with Gasteiger partial charge in [0.15, 0.2) is 0 Å². The fourth-order valence-electron chi connectivity index (χ4n) is 2.45. The van der Waals surface area contributed by atoms with Crippen molar-refractivity contribution in [1.82, 2.24) is 14.8 Å². The molecule has 0 bridgehead atoms. The van der Waals surface area contributed by atoms with Crippen LogP contribution in [0.1, 0.15) is 16.1 Å². The van der Waals surface area contributed by atoms with Crippen LogP contribution in [-0.2, 0) is 6.54 Å². The van der Waals surface area contributed by atoms with Gasteiger partial charge in [-0.3, -0.25) is 14.7 Å². The summed E-state index contributed by atoms with van der Waals surface area (Å²) in [7, 11) is 0. The number of aromatic nitrogens is 1. The van der Waals surface area contributed by atoms with E-state index in [2.05, 4.69) is 9.88 Å². The van der Waals surface area contributed by atoms with Gasteiger partial charge < -0.3 is 9.32 Å². The minimum Gasteiger partial charge on any atom is -0.468 e. The van der Waals surface area contributed by atoms with Crippen molar-refractivity contribution in [3.8, 4) is 0 Å². The second-order valence-corrected chi connectivity index (χ2v) is 5.41. The Bertz CT molecular complexity index is 607. The zero-order valence-corrected chi connectivity index (χ0v) is 12.3. The topological polar surface area (TPSA) is 49.6 Å². The third-order valence-electron chi connectivity index (χ3n) is 3.62. The molecular formula is C15H16ClN3O2. The molecule has 1 amide bonds. The van der Waals surface area contributed by atoms with Crippen molar-refractivity contribution in [3.63, 3.8) is 0 Å². The molecule has 5 nitrogen and oxygen atoms in total. The van der Waals surface area contributed by atoms with Crippen LogP contribution in [0.3, 0.4) is 0 Å². The second-order valence-electron chi connectivity index (χ2n) is 5.00. The molecule has 21 heavy (non-hydrogen) atoms. The van der Waals surface area contributed by atoms with Crippen molar-refractivity contribution < 1.29 is 9.21 Å². The molecule has 3 rings (SSSR count). The van der Waals surface area contributed by atoms with Crippen molar-refractivity contribution in [1.29, 1.82) is 0 Å². The van der Waals surface area contributed by atoms with Gasteiger partial charge in [-0.25, -0.2) is 0 Å². The first kappa shape index (κ1) is 14.1. The zero-order chi connectivity index (χ0) is 14.7. The van der Waals surface area contributed by atoms with Crippen LogP contribution in [-0.4, -0.2) is 46.9 Å². The number of halogens is 1. The lowest BCUT2D eigenvalue weighted by Crippen LogP contribution is -2.48. The quantitative estimate of drug-likeness (QED) is 0.873. The van der Waals surface area contributed by atoms with Crippen LogP contribution in [0.15, 0.2) is 41.3 Å². The molecule has 0 N–H and O–H groups in total. The summed E-state index contributed by atoms with van der Waals surface area (Å²) in [6.07, 6.45) is 4.77. The van der Waals surface area contributed by atoms with Crippen molar-refractivity contribution in [3.05, 3.63) is 53.2 Å². The molecule has 1 aliphatic rings. The minimum absolute atomic E-state index is 0.0277. The number of piperazine rings is 1. The van der Waals surface area contributed by atoms with Gasteiger partial charge in [0.1, 0.15) is 5.76 Å². The fourth-order valence-corrected chi connectivity index (χ4v) is 2.65. The number of nitrogens with zero attached hydrogens (tertiary/aromatic N) is 3. The van der Waals surface area contributed by atoms with Crippen LogP contribution in [0.5, 0.6) is 0 Å². The lowest BCUT2D eigenvalue weighted by molar-refractivity contribution is 0.0620. The number of furan rings is 1. The van der Waals surface area contributed by atoms with Crippen molar-refractivity contribution >= 4 is 17.5 Å². The monoisotopic (exact) mass is 305 g/mol. The molecule has 0 aliphatic carbocycles. The van der Waals surface area contributed by atoms with E-state index in [1.165, 1.54) is 6.20 Å². The first-order chi connectivity index (χ1) is 10.2. The van der Waals surface area contributed by atoms with E-state index in [0.717, 1.165) is 25.4 Å². The average Bonchev–Trinajstić information content (AvgIpc) is 3.01. The van der Waals surface area contributed by atoms with E-state index in [0.29, 0.717) is 23.7 Å². The first-order valence-electron chi connectivity index (χ1n) is 6.87. The number of rotatable bonds is 3. The lowest BCUT2D eigenvalue weighted by atomic mass is 10.2. The van der Waals surface area contributed by atoms with E-state index in [4.69, 9.17) is 16.0 Å². The summed E-state index contributed by atoms with van der Waals surface area (Å²) in [5.74, 6) is 0.923. The molecule has 0 spiro atoms. The Morgan fingerprint density at radius 3 is 2.76 bits per heavy atom. The highest BCUT2D eigenvalue weighted by Gasteiger charge is 2.23. The predicted octanol–water partition coefficient (Wildman–Crippen LogP) is 2.29. The summed E-state index contributed by atoms with van der Waals surface area (Å²) in [6.45, 7) is 3.83. The van der Waals surface area contributed by atoms with E-state index in [1.54, 1.807) is 18.5 Å². The Morgan fingerprint density at radius 2 is 2.10 bits per heavy atom. The van der Waals surface area contributed by atoms with E-state index in [1.807, 2.05) is 17.0 Å². The van der Waals surface area contributed by atoms with E-state index in [-0.39, 0.29) is 5.91 Å². The molecule has 0 atom stereocenters. The molecule has 1 saturated heterocycles. The fraction of sp³-hybridized carbons (Fsp3) is 0.333. The van der Waals surface area contributed by atoms with Crippen LogP contribution in [0.25, 0.3) is 0 Å². The summed E-state index contributed by atoms with van der Waals surface area (Å²) in [4.78, 5) is 20.4. The highest BCUT2D eigenvalue weighted by atomic mass is 35.5. The number of amides is 1. The standard InChI is InChI=1S/C15H16ClN3O2/c16-14-10-17-4-3-13(14)15(20)19-7-5-18(6-8-19)11-12-2-1-9-21-12/h1-4,9-10H,5-8,11H2. The molecule has 3 heterocycles. The first-order valence-corrected chi connectivity index (χ1v) is 7.25.